The molecule has 0 radical (unpaired) electrons. The minimum Gasteiger partial charge on any atom is -0.496 e. The van der Waals surface area contributed by atoms with Crippen molar-refractivity contribution in [1.82, 2.24) is 0 Å². The average Bonchev–Trinajstić information content (AvgIpc) is 3.09. The highest BCUT2D eigenvalue weighted by Crippen LogP contribution is 2.27. The first-order valence-electron chi connectivity index (χ1n) is 8.05. The van der Waals surface area contributed by atoms with Crippen LogP contribution in [0.2, 0.25) is 0 Å². The second kappa shape index (κ2) is 7.66. The minimum absolute atomic E-state index is 0.219. The lowest BCUT2D eigenvalue weighted by atomic mass is 10.2. The van der Waals surface area contributed by atoms with Crippen LogP contribution in [0.25, 0.3) is 6.08 Å². The molecule has 0 saturated heterocycles. The largest absolute Gasteiger partial charge is 0.496 e. The Morgan fingerprint density at radius 2 is 1.88 bits per heavy atom. The van der Waals surface area contributed by atoms with E-state index >= 15 is 0 Å². The molecule has 0 bridgehead atoms. The molecular weight excluding hydrogens is 318 g/mol. The molecule has 2 aromatic carbocycles. The van der Waals surface area contributed by atoms with E-state index in [1.165, 1.54) is 6.08 Å². The Hall–Kier alpha value is -3.08. The Balaban J connectivity index is 1.56. The average molecular weight is 337 g/mol. The number of esters is 1. The van der Waals surface area contributed by atoms with E-state index < -0.39 is 5.97 Å². The maximum Gasteiger partial charge on any atom is 0.331 e. The highest BCUT2D eigenvalue weighted by Gasteiger charge is 2.24. The molecule has 0 fully saturated rings. The van der Waals surface area contributed by atoms with Crippen LogP contribution < -0.4 is 9.64 Å². The zero-order chi connectivity index (χ0) is 17.6. The summed E-state index contributed by atoms with van der Waals surface area (Å²) in [6, 6.07) is 15.1. The molecule has 2 aromatic rings. The van der Waals surface area contributed by atoms with E-state index in [-0.39, 0.29) is 12.5 Å². The van der Waals surface area contributed by atoms with Gasteiger partial charge in [0.2, 0.25) is 0 Å². The number of fused-ring (bicyclic) bond motifs is 1. The van der Waals surface area contributed by atoms with Gasteiger partial charge < -0.3 is 14.4 Å². The molecule has 0 aromatic heterocycles. The number of hydrogen-bond acceptors (Lipinski definition) is 4. The molecule has 128 valence electrons. The van der Waals surface area contributed by atoms with Crippen LogP contribution >= 0.6 is 0 Å². The molecule has 1 aliphatic heterocycles. The van der Waals surface area contributed by atoms with Gasteiger partial charge in [0.05, 0.1) is 7.11 Å². The Kier molecular flexibility index (Phi) is 5.14. The third-order valence-corrected chi connectivity index (χ3v) is 4.06. The van der Waals surface area contributed by atoms with Crippen molar-refractivity contribution in [2.24, 2.45) is 0 Å². The third kappa shape index (κ3) is 3.88. The summed E-state index contributed by atoms with van der Waals surface area (Å²) in [5.41, 5.74) is 2.80. The van der Waals surface area contributed by atoms with Gasteiger partial charge >= 0.3 is 5.97 Å². The Bertz CT molecular complexity index is 813. The molecule has 1 aliphatic rings. The fourth-order valence-corrected chi connectivity index (χ4v) is 2.82. The summed E-state index contributed by atoms with van der Waals surface area (Å²) in [7, 11) is 1.57. The predicted molar refractivity (Wildman–Crippen MR) is 95.5 cm³/mol. The minimum atomic E-state index is -0.563. The number of anilines is 1. The summed E-state index contributed by atoms with van der Waals surface area (Å²) in [4.78, 5) is 25.8. The molecule has 0 saturated carbocycles. The molecular formula is C20H19NO4. The Morgan fingerprint density at radius 1 is 1.12 bits per heavy atom. The molecule has 0 N–H and O–H groups in total. The normalized spacial score (nSPS) is 12.9. The molecule has 5 nitrogen and oxygen atoms in total. The number of rotatable bonds is 5. The molecule has 0 unspecified atom stereocenters. The lowest BCUT2D eigenvalue weighted by molar-refractivity contribution is -0.142. The van der Waals surface area contributed by atoms with E-state index in [1.807, 2.05) is 42.5 Å². The smallest absolute Gasteiger partial charge is 0.331 e. The van der Waals surface area contributed by atoms with Crippen molar-refractivity contribution in [3.8, 4) is 5.75 Å². The molecule has 0 aliphatic carbocycles. The van der Waals surface area contributed by atoms with Crippen LogP contribution in [-0.4, -0.2) is 32.1 Å². The van der Waals surface area contributed by atoms with Crippen molar-refractivity contribution in [2.45, 2.75) is 6.42 Å². The van der Waals surface area contributed by atoms with Crippen molar-refractivity contribution in [3.05, 3.63) is 65.7 Å². The molecule has 0 spiro atoms. The molecule has 0 atom stereocenters. The van der Waals surface area contributed by atoms with Gasteiger partial charge in [-0.15, -0.1) is 0 Å². The van der Waals surface area contributed by atoms with Crippen LogP contribution in [0.3, 0.4) is 0 Å². The number of ether oxygens (including phenoxy) is 2. The summed E-state index contributed by atoms with van der Waals surface area (Å²) in [5.74, 6) is -0.118. The van der Waals surface area contributed by atoms with Crippen molar-refractivity contribution in [1.29, 1.82) is 0 Å². The van der Waals surface area contributed by atoms with Gasteiger partial charge in [-0.25, -0.2) is 4.79 Å². The van der Waals surface area contributed by atoms with Gasteiger partial charge in [-0.2, -0.15) is 0 Å². The number of methoxy groups -OCH3 is 1. The van der Waals surface area contributed by atoms with Crippen molar-refractivity contribution >= 4 is 23.6 Å². The van der Waals surface area contributed by atoms with E-state index in [4.69, 9.17) is 9.47 Å². The lowest BCUT2D eigenvalue weighted by Gasteiger charge is -2.16. The zero-order valence-electron chi connectivity index (χ0n) is 14.0. The third-order valence-electron chi connectivity index (χ3n) is 4.06. The summed E-state index contributed by atoms with van der Waals surface area (Å²) >= 11 is 0. The Labute approximate surface area is 146 Å². The molecule has 1 amide bonds. The highest BCUT2D eigenvalue weighted by atomic mass is 16.5. The van der Waals surface area contributed by atoms with E-state index in [0.29, 0.717) is 12.3 Å². The van der Waals surface area contributed by atoms with Crippen molar-refractivity contribution in [3.63, 3.8) is 0 Å². The van der Waals surface area contributed by atoms with Crippen LogP contribution in [-0.2, 0) is 20.7 Å². The number of carbonyl (C=O) groups excluding carboxylic acids is 2. The topological polar surface area (TPSA) is 55.8 Å². The van der Waals surface area contributed by atoms with E-state index in [2.05, 4.69) is 0 Å². The second-order valence-electron chi connectivity index (χ2n) is 5.61. The fraction of sp³-hybridized carbons (Fsp3) is 0.200. The van der Waals surface area contributed by atoms with Crippen LogP contribution in [0.4, 0.5) is 5.69 Å². The first kappa shape index (κ1) is 16.8. The standard InChI is InChI=1S/C20H19NO4/c1-24-18-9-5-3-7-16(18)10-11-20(23)25-14-19(22)21-13-12-15-6-2-4-8-17(15)21/h2-11H,12-14H2,1H3. The lowest BCUT2D eigenvalue weighted by Crippen LogP contribution is -2.33. The van der Waals surface area contributed by atoms with Gasteiger partial charge in [-0.3, -0.25) is 4.79 Å². The van der Waals surface area contributed by atoms with Gasteiger partial charge in [0.1, 0.15) is 5.75 Å². The maximum atomic E-state index is 12.3. The first-order chi connectivity index (χ1) is 12.2. The van der Waals surface area contributed by atoms with Crippen LogP contribution in [0, 0.1) is 0 Å². The Morgan fingerprint density at radius 3 is 2.72 bits per heavy atom. The first-order valence-corrected chi connectivity index (χ1v) is 8.05. The number of hydrogen-bond donors (Lipinski definition) is 0. The van der Waals surface area contributed by atoms with Crippen LogP contribution in [0.15, 0.2) is 54.6 Å². The van der Waals surface area contributed by atoms with Crippen LogP contribution in [0.5, 0.6) is 5.75 Å². The predicted octanol–water partition coefficient (Wildman–Crippen LogP) is 2.84. The van der Waals surface area contributed by atoms with Gasteiger partial charge in [0.25, 0.3) is 5.91 Å². The number of para-hydroxylation sites is 2. The summed E-state index contributed by atoms with van der Waals surface area (Å²) in [6.07, 6.45) is 3.73. The number of benzene rings is 2. The molecule has 3 rings (SSSR count). The van der Waals surface area contributed by atoms with Gasteiger partial charge in [0.15, 0.2) is 6.61 Å². The summed E-state index contributed by atoms with van der Waals surface area (Å²) in [6.45, 7) is 0.343. The van der Waals surface area contributed by atoms with Crippen LogP contribution in [0.1, 0.15) is 11.1 Å². The molecule has 1 heterocycles. The molecule has 5 heteroatoms. The number of carbonyl (C=O) groups is 2. The number of nitrogens with zero attached hydrogens (tertiary/aromatic N) is 1. The molecule has 25 heavy (non-hydrogen) atoms. The van der Waals surface area contributed by atoms with Gasteiger partial charge in [0, 0.05) is 23.9 Å². The summed E-state index contributed by atoms with van der Waals surface area (Å²) in [5, 5.41) is 0. The monoisotopic (exact) mass is 337 g/mol. The number of amides is 1. The van der Waals surface area contributed by atoms with E-state index in [1.54, 1.807) is 24.2 Å². The summed E-state index contributed by atoms with van der Waals surface area (Å²) < 4.78 is 10.3. The zero-order valence-corrected chi connectivity index (χ0v) is 14.0. The van der Waals surface area contributed by atoms with E-state index in [0.717, 1.165) is 23.2 Å². The quantitative estimate of drug-likeness (QED) is 0.622. The van der Waals surface area contributed by atoms with Gasteiger partial charge in [-0.1, -0.05) is 36.4 Å². The SMILES string of the molecule is COc1ccccc1C=CC(=O)OCC(=O)N1CCc2ccccc21. The second-order valence-corrected chi connectivity index (χ2v) is 5.61. The highest BCUT2D eigenvalue weighted by molar-refractivity contribution is 5.98. The van der Waals surface area contributed by atoms with Crippen molar-refractivity contribution in [2.75, 3.05) is 25.2 Å². The fourth-order valence-electron chi connectivity index (χ4n) is 2.82. The van der Waals surface area contributed by atoms with Crippen molar-refractivity contribution < 1.29 is 19.1 Å². The van der Waals surface area contributed by atoms with E-state index in [9.17, 15) is 9.59 Å². The van der Waals surface area contributed by atoms with Gasteiger partial charge in [-0.05, 0) is 30.2 Å². The maximum absolute atomic E-state index is 12.3.